The van der Waals surface area contributed by atoms with E-state index in [1.807, 2.05) is 18.2 Å². The highest BCUT2D eigenvalue weighted by Crippen LogP contribution is 2.12. The van der Waals surface area contributed by atoms with Gasteiger partial charge in [-0.25, -0.2) is 20.4 Å². The molecule has 5 nitrogen and oxygen atoms in total. The topological polar surface area (TPSA) is 98.9 Å². The highest BCUT2D eigenvalue weighted by atomic mass is 16.1. The molecule has 108 valence electrons. The molecule has 0 spiro atoms. The van der Waals surface area contributed by atoms with E-state index in [1.54, 1.807) is 0 Å². The average Bonchev–Trinajstić information content (AvgIpc) is 2.43. The van der Waals surface area contributed by atoms with Crippen molar-refractivity contribution in [3.63, 3.8) is 0 Å². The quantitative estimate of drug-likeness (QED) is 0.561. The fraction of sp³-hybridized carbons (Fsp3) is 0.400. The fourth-order valence-electron chi connectivity index (χ4n) is 1.48. The third-order valence-corrected chi connectivity index (χ3v) is 2.35. The summed E-state index contributed by atoms with van der Waals surface area (Å²) in [5.41, 5.74) is 1.32. The summed E-state index contributed by atoms with van der Waals surface area (Å²) in [7, 11) is 0. The van der Waals surface area contributed by atoms with E-state index in [1.165, 1.54) is 12.0 Å². The summed E-state index contributed by atoms with van der Waals surface area (Å²) in [4.78, 5) is 27.2. The number of rotatable bonds is 0. The highest BCUT2D eigenvalue weighted by molar-refractivity contribution is 5.78. The van der Waals surface area contributed by atoms with Gasteiger partial charge >= 0.3 is 0 Å². The number of nitrogens with one attached hydrogen (secondary N) is 2. The van der Waals surface area contributed by atoms with Crippen LogP contribution < -0.4 is 0 Å². The van der Waals surface area contributed by atoms with Crippen LogP contribution in [0.15, 0.2) is 30.3 Å². The Bertz CT molecular complexity index is 398. The van der Waals surface area contributed by atoms with Crippen LogP contribution in [0.25, 0.3) is 0 Å². The molecule has 0 aliphatic heterocycles. The molecule has 2 rings (SSSR count). The molecule has 0 atom stereocenters. The number of hydrogen-bond donors (Lipinski definition) is 2. The van der Waals surface area contributed by atoms with E-state index >= 15 is 0 Å². The maximum Gasteiger partial charge on any atom is 0.231 e. The first kappa shape index (κ1) is 20.0. The van der Waals surface area contributed by atoms with Gasteiger partial charge in [-0.15, -0.1) is 0 Å². The second-order valence-corrected chi connectivity index (χ2v) is 3.96. The number of Topliss-reactive ketones (excluding diaryl/α,β-unsaturated/α-hetero) is 1. The van der Waals surface area contributed by atoms with Gasteiger partial charge in [0.2, 0.25) is 12.2 Å². The minimum absolute atomic E-state index is 0.464. The SMILES string of the molecule is Cc1ccccc1.N=C=O.N=C=O.O=C1CCCCC1. The lowest BCUT2D eigenvalue weighted by molar-refractivity contribution is -0.120. The van der Waals surface area contributed by atoms with Crippen molar-refractivity contribution in [2.75, 3.05) is 0 Å². The van der Waals surface area contributed by atoms with Crippen molar-refractivity contribution in [1.82, 2.24) is 0 Å². The monoisotopic (exact) mass is 276 g/mol. The van der Waals surface area contributed by atoms with Gasteiger partial charge in [0.05, 0.1) is 0 Å². The van der Waals surface area contributed by atoms with Gasteiger partial charge in [-0.2, -0.15) is 0 Å². The van der Waals surface area contributed by atoms with Crippen molar-refractivity contribution in [3.8, 4) is 0 Å². The molecule has 0 saturated heterocycles. The smallest absolute Gasteiger partial charge is 0.231 e. The summed E-state index contributed by atoms with van der Waals surface area (Å²) in [6.45, 7) is 2.08. The summed E-state index contributed by atoms with van der Waals surface area (Å²) >= 11 is 0. The van der Waals surface area contributed by atoms with Gasteiger partial charge in [0.25, 0.3) is 0 Å². The lowest BCUT2D eigenvalue weighted by Crippen LogP contribution is -2.02. The largest absolute Gasteiger partial charge is 0.300 e. The Hall–Kier alpha value is -2.35. The number of ketones is 1. The standard InChI is InChI=1S/C7H8.C6H10O.2CHNO/c1-7-5-3-2-4-6-7;7-6-4-2-1-3-5-6;2*2-1-3/h2-6H,1H3;1-5H2;2*2H. The van der Waals surface area contributed by atoms with Crippen molar-refractivity contribution in [2.24, 2.45) is 0 Å². The van der Waals surface area contributed by atoms with E-state index in [9.17, 15) is 4.79 Å². The Morgan fingerprint density at radius 2 is 1.30 bits per heavy atom. The molecule has 1 fully saturated rings. The van der Waals surface area contributed by atoms with Gasteiger partial charge in [0.15, 0.2) is 0 Å². The highest BCUT2D eigenvalue weighted by Gasteiger charge is 2.05. The Balaban J connectivity index is 0. The number of benzene rings is 1. The molecule has 20 heavy (non-hydrogen) atoms. The van der Waals surface area contributed by atoms with Crippen LogP contribution in [0.1, 0.15) is 37.7 Å². The van der Waals surface area contributed by atoms with Crippen LogP contribution in [0, 0.1) is 17.7 Å². The first-order valence-electron chi connectivity index (χ1n) is 6.23. The predicted molar refractivity (Wildman–Crippen MR) is 76.1 cm³/mol. The molecule has 0 aromatic heterocycles. The maximum absolute atomic E-state index is 10.5. The van der Waals surface area contributed by atoms with E-state index < -0.39 is 0 Å². The molecule has 1 aliphatic carbocycles. The van der Waals surface area contributed by atoms with Crippen molar-refractivity contribution in [3.05, 3.63) is 35.9 Å². The first-order valence-corrected chi connectivity index (χ1v) is 6.23. The van der Waals surface area contributed by atoms with Gasteiger partial charge in [0.1, 0.15) is 5.78 Å². The summed E-state index contributed by atoms with van der Waals surface area (Å²) in [5, 5.41) is 10.8. The number of isocyanates is 2. The summed E-state index contributed by atoms with van der Waals surface area (Å²) in [5.74, 6) is 0.464. The predicted octanol–water partition coefficient (Wildman–Crippen LogP) is 3.32. The summed E-state index contributed by atoms with van der Waals surface area (Å²) < 4.78 is 0. The fourth-order valence-corrected chi connectivity index (χ4v) is 1.48. The zero-order valence-corrected chi connectivity index (χ0v) is 11.6. The van der Waals surface area contributed by atoms with Gasteiger partial charge in [-0.3, -0.25) is 4.79 Å². The van der Waals surface area contributed by atoms with E-state index in [0.717, 1.165) is 37.8 Å². The Morgan fingerprint density at radius 1 is 0.900 bits per heavy atom. The average molecular weight is 276 g/mol. The molecule has 1 saturated carbocycles. The van der Waals surface area contributed by atoms with Crippen LogP contribution in [0.4, 0.5) is 0 Å². The third-order valence-electron chi connectivity index (χ3n) is 2.35. The minimum Gasteiger partial charge on any atom is -0.300 e. The zero-order valence-electron chi connectivity index (χ0n) is 11.6. The van der Waals surface area contributed by atoms with Gasteiger partial charge in [0, 0.05) is 12.8 Å². The normalized spacial score (nSPS) is 11.8. The molecule has 1 aliphatic rings. The van der Waals surface area contributed by atoms with Crippen LogP contribution in [-0.4, -0.2) is 17.9 Å². The molecule has 0 bridgehead atoms. The van der Waals surface area contributed by atoms with Crippen molar-refractivity contribution < 1.29 is 14.4 Å². The van der Waals surface area contributed by atoms with Crippen LogP contribution in [-0.2, 0) is 14.4 Å². The number of carbonyl (C=O) groups excluding carboxylic acids is 3. The van der Waals surface area contributed by atoms with Crippen LogP contribution in [0.2, 0.25) is 0 Å². The van der Waals surface area contributed by atoms with Gasteiger partial charge in [-0.05, 0) is 19.8 Å². The van der Waals surface area contributed by atoms with Crippen molar-refractivity contribution >= 4 is 17.9 Å². The third kappa shape index (κ3) is 18.0. The number of hydrogen-bond acceptors (Lipinski definition) is 5. The molecule has 0 unspecified atom stereocenters. The second-order valence-electron chi connectivity index (χ2n) is 3.96. The number of carbonyl (C=O) groups is 1. The van der Waals surface area contributed by atoms with E-state index in [2.05, 4.69) is 19.1 Å². The molecule has 1 aromatic rings. The maximum atomic E-state index is 10.5. The molecule has 5 heteroatoms. The Labute approximate surface area is 119 Å². The van der Waals surface area contributed by atoms with E-state index in [-0.39, 0.29) is 0 Å². The lowest BCUT2D eigenvalue weighted by atomic mass is 10.00. The van der Waals surface area contributed by atoms with Gasteiger partial charge < -0.3 is 0 Å². The zero-order chi connectivity index (χ0) is 15.6. The second kappa shape index (κ2) is 16.6. The van der Waals surface area contributed by atoms with Crippen LogP contribution >= 0.6 is 0 Å². The Morgan fingerprint density at radius 3 is 1.50 bits per heavy atom. The lowest BCUT2D eigenvalue weighted by Gasteiger charge is -2.05. The molecular formula is C15H20N2O3. The van der Waals surface area contributed by atoms with Crippen molar-refractivity contribution in [1.29, 1.82) is 10.8 Å². The molecule has 0 radical (unpaired) electrons. The summed E-state index contributed by atoms with van der Waals surface area (Å²) in [6.07, 6.45) is 6.74. The van der Waals surface area contributed by atoms with Crippen LogP contribution in [0.3, 0.4) is 0 Å². The molecule has 0 heterocycles. The molecule has 2 N–H and O–H groups in total. The molecule has 0 amide bonds. The summed E-state index contributed by atoms with van der Waals surface area (Å²) in [6, 6.07) is 10.3. The van der Waals surface area contributed by atoms with E-state index in [0.29, 0.717) is 5.78 Å². The minimum atomic E-state index is 0.464. The molecule has 1 aromatic carbocycles. The first-order chi connectivity index (χ1) is 9.62. The van der Waals surface area contributed by atoms with Crippen LogP contribution in [0.5, 0.6) is 0 Å². The molecular weight excluding hydrogens is 256 g/mol. The van der Waals surface area contributed by atoms with Crippen molar-refractivity contribution in [2.45, 2.75) is 39.0 Å². The Kier molecular flexibility index (Phi) is 16.6. The number of aryl methyl sites for hydroxylation is 1. The van der Waals surface area contributed by atoms with E-state index in [4.69, 9.17) is 20.4 Å². The van der Waals surface area contributed by atoms with Gasteiger partial charge in [-0.1, -0.05) is 42.3 Å².